The second-order valence-corrected chi connectivity index (χ2v) is 8.16. The first-order chi connectivity index (χ1) is 14.4. The van der Waals surface area contributed by atoms with Crippen molar-refractivity contribution in [1.29, 1.82) is 0 Å². The number of aliphatic hydroxyl groups excluding tert-OH is 5. The van der Waals surface area contributed by atoms with E-state index < -0.39 is 84.3 Å². The Morgan fingerprint density at radius 3 is 2.13 bits per heavy atom. The fourth-order valence-electron chi connectivity index (χ4n) is 3.26. The van der Waals surface area contributed by atoms with Gasteiger partial charge in [0.1, 0.15) is 48.8 Å². The van der Waals surface area contributed by atoms with Gasteiger partial charge < -0.3 is 49.8 Å². The van der Waals surface area contributed by atoms with Crippen LogP contribution in [0.2, 0.25) is 0 Å². The molecule has 2 rings (SSSR count). The SMILES string of the molecule is COC[C@H]1O[C@H](O)[C@H](NC(C)=O)[C@@H](O[C@@H]2O[C@H](COS(=O)(=O)O)[C@H](O)[C@H](O)[C@H]2O)[C@H]1O. The minimum atomic E-state index is -4.90. The van der Waals surface area contributed by atoms with Gasteiger partial charge in [0, 0.05) is 14.0 Å². The highest BCUT2D eigenvalue weighted by Gasteiger charge is 2.51. The van der Waals surface area contributed by atoms with Crippen LogP contribution in [-0.2, 0) is 38.3 Å². The van der Waals surface area contributed by atoms with Crippen LogP contribution in [0.3, 0.4) is 0 Å². The summed E-state index contributed by atoms with van der Waals surface area (Å²) in [6.07, 6.45) is -14.7. The molecular formula is C15H27NO14S. The van der Waals surface area contributed by atoms with Crippen molar-refractivity contribution >= 4 is 16.3 Å². The third-order valence-corrected chi connectivity index (χ3v) is 5.17. The Morgan fingerprint density at radius 2 is 1.58 bits per heavy atom. The summed E-state index contributed by atoms with van der Waals surface area (Å²) in [5.41, 5.74) is 0. The maximum absolute atomic E-state index is 11.5. The van der Waals surface area contributed by atoms with E-state index in [0.717, 1.165) is 6.92 Å². The summed E-state index contributed by atoms with van der Waals surface area (Å²) >= 11 is 0. The van der Waals surface area contributed by atoms with Gasteiger partial charge in [0.25, 0.3) is 0 Å². The normalized spacial score (nSPS) is 41.7. The number of methoxy groups -OCH3 is 1. The molecule has 0 bridgehead atoms. The Labute approximate surface area is 177 Å². The summed E-state index contributed by atoms with van der Waals surface area (Å²) < 4.78 is 55.3. The van der Waals surface area contributed by atoms with Crippen LogP contribution >= 0.6 is 0 Å². The minimum absolute atomic E-state index is 0.175. The van der Waals surface area contributed by atoms with E-state index in [9.17, 15) is 38.7 Å². The third-order valence-electron chi connectivity index (χ3n) is 4.73. The second kappa shape index (κ2) is 10.7. The molecule has 15 nitrogen and oxygen atoms in total. The molecule has 16 heteroatoms. The fraction of sp³-hybridized carbons (Fsp3) is 0.933. The van der Waals surface area contributed by atoms with Crippen LogP contribution in [0.15, 0.2) is 0 Å². The number of nitrogens with one attached hydrogen (secondary N) is 1. The van der Waals surface area contributed by atoms with E-state index in [-0.39, 0.29) is 6.61 Å². The largest absolute Gasteiger partial charge is 0.397 e. The Hall–Kier alpha value is -1.02. The Balaban J connectivity index is 2.23. The van der Waals surface area contributed by atoms with Gasteiger partial charge in [0.2, 0.25) is 5.91 Å². The van der Waals surface area contributed by atoms with Crippen molar-refractivity contribution in [3.63, 3.8) is 0 Å². The highest BCUT2D eigenvalue weighted by atomic mass is 32.3. The molecule has 2 aliphatic rings. The predicted molar refractivity (Wildman–Crippen MR) is 95.4 cm³/mol. The van der Waals surface area contributed by atoms with Gasteiger partial charge in [-0.25, -0.2) is 4.18 Å². The first kappa shape index (κ1) is 26.2. The molecule has 31 heavy (non-hydrogen) atoms. The minimum Gasteiger partial charge on any atom is -0.388 e. The Kier molecular flexibility index (Phi) is 9.08. The number of carbonyl (C=O) groups excluding carboxylic acids is 1. The summed E-state index contributed by atoms with van der Waals surface area (Å²) in [6, 6.07) is -1.34. The van der Waals surface area contributed by atoms with Crippen molar-refractivity contribution in [3.8, 4) is 0 Å². The first-order valence-electron chi connectivity index (χ1n) is 9.10. The van der Waals surface area contributed by atoms with Gasteiger partial charge in [0.15, 0.2) is 12.6 Å². The smallest absolute Gasteiger partial charge is 0.388 e. The van der Waals surface area contributed by atoms with Gasteiger partial charge in [-0.15, -0.1) is 0 Å². The summed E-state index contributed by atoms with van der Waals surface area (Å²) in [7, 11) is -3.59. The molecule has 2 saturated heterocycles. The zero-order chi connectivity index (χ0) is 23.5. The van der Waals surface area contributed by atoms with Gasteiger partial charge in [-0.1, -0.05) is 0 Å². The summed E-state index contributed by atoms with van der Waals surface area (Å²) in [6.45, 7) is 0.0152. The maximum atomic E-state index is 11.5. The van der Waals surface area contributed by atoms with Gasteiger partial charge in [0.05, 0.1) is 13.2 Å². The molecule has 1 amide bonds. The molecule has 7 N–H and O–H groups in total. The Bertz CT molecular complexity index is 706. The predicted octanol–water partition coefficient (Wildman–Crippen LogP) is -4.77. The highest BCUT2D eigenvalue weighted by Crippen LogP contribution is 2.29. The van der Waals surface area contributed by atoms with Crippen molar-refractivity contribution in [3.05, 3.63) is 0 Å². The number of amides is 1. The van der Waals surface area contributed by atoms with E-state index in [1.54, 1.807) is 0 Å². The molecule has 10 atom stereocenters. The number of carbonyl (C=O) groups is 1. The molecule has 2 heterocycles. The van der Waals surface area contributed by atoms with Crippen LogP contribution in [0, 0.1) is 0 Å². The topological polar surface area (TPSA) is 231 Å². The van der Waals surface area contributed by atoms with Crippen LogP contribution in [-0.4, -0.2) is 126 Å². The Morgan fingerprint density at radius 1 is 0.968 bits per heavy atom. The molecular weight excluding hydrogens is 450 g/mol. The number of rotatable bonds is 8. The van der Waals surface area contributed by atoms with Gasteiger partial charge in [-0.3, -0.25) is 9.35 Å². The average molecular weight is 477 g/mol. The molecule has 0 aromatic heterocycles. The van der Waals surface area contributed by atoms with Crippen LogP contribution in [0.4, 0.5) is 0 Å². The third kappa shape index (κ3) is 6.73. The second-order valence-electron chi connectivity index (χ2n) is 7.06. The lowest BCUT2D eigenvalue weighted by atomic mass is 9.95. The van der Waals surface area contributed by atoms with Crippen molar-refractivity contribution in [2.75, 3.05) is 20.3 Å². The molecule has 0 aromatic carbocycles. The van der Waals surface area contributed by atoms with E-state index in [2.05, 4.69) is 9.50 Å². The molecule has 0 radical (unpaired) electrons. The summed E-state index contributed by atoms with van der Waals surface area (Å²) in [4.78, 5) is 11.5. The van der Waals surface area contributed by atoms with E-state index in [0.29, 0.717) is 0 Å². The van der Waals surface area contributed by atoms with Gasteiger partial charge in [-0.2, -0.15) is 8.42 Å². The highest BCUT2D eigenvalue weighted by molar-refractivity contribution is 7.80. The lowest BCUT2D eigenvalue weighted by molar-refractivity contribution is -0.341. The lowest BCUT2D eigenvalue weighted by Gasteiger charge is -2.46. The van der Waals surface area contributed by atoms with E-state index in [1.165, 1.54) is 7.11 Å². The van der Waals surface area contributed by atoms with Crippen molar-refractivity contribution in [2.24, 2.45) is 0 Å². The van der Waals surface area contributed by atoms with E-state index in [1.807, 2.05) is 0 Å². The number of hydrogen-bond acceptors (Lipinski definition) is 13. The molecule has 2 aliphatic heterocycles. The van der Waals surface area contributed by atoms with Crippen LogP contribution in [0.1, 0.15) is 6.92 Å². The standard InChI is InChI=1S/C15H27NO14S/c1-5(17)16-8-13(10(19)6(3-26-2)28-14(8)22)30-15-12(21)11(20)9(18)7(29-15)4-27-31(23,24)25/h6-15,18-22H,3-4H2,1-2H3,(H,16,17)(H,23,24,25)/t6-,7-,8-,9+,10+,11+,12-,13-,14+,15+/m1/s1. The van der Waals surface area contributed by atoms with Crippen LogP contribution < -0.4 is 5.32 Å². The van der Waals surface area contributed by atoms with Gasteiger partial charge >= 0.3 is 10.4 Å². The number of hydrogen-bond donors (Lipinski definition) is 7. The molecule has 0 saturated carbocycles. The number of ether oxygens (including phenoxy) is 4. The molecule has 0 spiro atoms. The lowest BCUT2D eigenvalue weighted by Crippen LogP contribution is -2.67. The molecule has 182 valence electrons. The summed E-state index contributed by atoms with van der Waals surface area (Å²) in [5.74, 6) is -0.612. The van der Waals surface area contributed by atoms with Crippen LogP contribution in [0.25, 0.3) is 0 Å². The van der Waals surface area contributed by atoms with Crippen molar-refractivity contribution < 1.29 is 66.4 Å². The zero-order valence-electron chi connectivity index (χ0n) is 16.5. The monoisotopic (exact) mass is 477 g/mol. The summed E-state index contributed by atoms with van der Waals surface area (Å²) in [5, 5.41) is 53.4. The fourth-order valence-corrected chi connectivity index (χ4v) is 3.57. The maximum Gasteiger partial charge on any atom is 0.397 e. The zero-order valence-corrected chi connectivity index (χ0v) is 17.4. The van der Waals surface area contributed by atoms with Gasteiger partial charge in [-0.05, 0) is 0 Å². The van der Waals surface area contributed by atoms with E-state index in [4.69, 9.17) is 23.5 Å². The molecule has 0 aromatic rings. The molecule has 0 unspecified atom stereocenters. The van der Waals surface area contributed by atoms with Crippen molar-refractivity contribution in [2.45, 2.75) is 68.3 Å². The van der Waals surface area contributed by atoms with Crippen molar-refractivity contribution in [1.82, 2.24) is 5.32 Å². The van der Waals surface area contributed by atoms with E-state index >= 15 is 0 Å². The molecule has 0 aliphatic carbocycles. The first-order valence-corrected chi connectivity index (χ1v) is 10.5. The quantitative estimate of drug-likeness (QED) is 0.163. The average Bonchev–Trinajstić information content (AvgIpc) is 2.66. The van der Waals surface area contributed by atoms with Crippen LogP contribution in [0.5, 0.6) is 0 Å². The number of aliphatic hydroxyl groups is 5. The molecule has 2 fully saturated rings.